The fourth-order valence-corrected chi connectivity index (χ4v) is 6.36. The van der Waals surface area contributed by atoms with Crippen molar-refractivity contribution < 1.29 is 38.8 Å². The first-order chi connectivity index (χ1) is 22.1. The molecule has 1 aliphatic carbocycles. The minimum absolute atomic E-state index is 0.0631. The predicted octanol–water partition coefficient (Wildman–Crippen LogP) is 1.68. The number of likely N-dealkylation sites (tertiary alicyclic amines) is 1. The molecular formula is C29H29N7O9S. The highest BCUT2D eigenvalue weighted by Crippen LogP contribution is 2.35. The molecule has 2 aromatic rings. The van der Waals surface area contributed by atoms with E-state index < -0.39 is 40.5 Å². The smallest absolute Gasteiger partial charge is 0.356 e. The van der Waals surface area contributed by atoms with Crippen LogP contribution in [0, 0.1) is 10.1 Å². The molecule has 0 unspecified atom stereocenters. The Morgan fingerprint density at radius 1 is 1.26 bits per heavy atom. The highest BCUT2D eigenvalue weighted by Gasteiger charge is 2.55. The van der Waals surface area contributed by atoms with Gasteiger partial charge in [0.2, 0.25) is 5.91 Å². The number of aromatic nitrogens is 1. The Labute approximate surface area is 265 Å². The second-order valence-corrected chi connectivity index (χ2v) is 12.0. The van der Waals surface area contributed by atoms with E-state index in [4.69, 9.17) is 15.3 Å². The van der Waals surface area contributed by atoms with E-state index in [9.17, 15) is 34.4 Å². The molecule has 2 saturated heterocycles. The molecule has 3 aliphatic heterocycles. The summed E-state index contributed by atoms with van der Waals surface area (Å²) in [6, 6.07) is 3.92. The molecule has 3 amide bonds. The number of nitrogens with one attached hydrogen (secondary N) is 1. The van der Waals surface area contributed by atoms with Crippen molar-refractivity contribution in [1.29, 1.82) is 0 Å². The fourth-order valence-electron chi connectivity index (χ4n) is 5.82. The summed E-state index contributed by atoms with van der Waals surface area (Å²) in [5.41, 5.74) is 6.27. The third-order valence-corrected chi connectivity index (χ3v) is 8.88. The van der Waals surface area contributed by atoms with Crippen molar-refractivity contribution in [3.8, 4) is 0 Å². The van der Waals surface area contributed by atoms with Crippen LogP contribution >= 0.6 is 11.3 Å². The van der Waals surface area contributed by atoms with Crippen LogP contribution in [0.15, 0.2) is 57.9 Å². The number of nitrogen functional groups attached to an aromatic ring is 1. The Morgan fingerprint density at radius 3 is 2.65 bits per heavy atom. The molecule has 1 saturated carbocycles. The second kappa shape index (κ2) is 12.6. The second-order valence-electron chi connectivity index (χ2n) is 11.1. The van der Waals surface area contributed by atoms with Gasteiger partial charge in [0.15, 0.2) is 22.3 Å². The number of allylic oxidation sites excluding steroid dienone is 1. The van der Waals surface area contributed by atoms with Gasteiger partial charge in [0.1, 0.15) is 30.5 Å². The van der Waals surface area contributed by atoms with Crippen molar-refractivity contribution in [2.24, 2.45) is 5.16 Å². The standard InChI is InChI=1S/C29H29N7O9S/c30-29-31-19(14-46-29)22(33-45-18-3-1-2-4-18)25(37)32-23-20-13-44-21(24(28(40)41)35(20)27(23)39)11-16-9-10-34(26(16)38)12-15-5-7-17(8-6-15)36(42)43/h5-8,11,14,18,20,23H,1-4,9-10,12-13H2,(H2,30,31)(H,32,37)(H,40,41)/b16-11+,33-22-/t20-,23+/m1/s1. The van der Waals surface area contributed by atoms with Gasteiger partial charge >= 0.3 is 5.97 Å². The summed E-state index contributed by atoms with van der Waals surface area (Å²) < 4.78 is 5.77. The van der Waals surface area contributed by atoms with Crippen LogP contribution in [0.3, 0.4) is 0 Å². The van der Waals surface area contributed by atoms with E-state index in [-0.39, 0.29) is 58.7 Å². The minimum Gasteiger partial charge on any atom is -0.489 e. The molecule has 1 aromatic carbocycles. The monoisotopic (exact) mass is 651 g/mol. The molecule has 0 bridgehead atoms. The predicted molar refractivity (Wildman–Crippen MR) is 161 cm³/mol. The number of nitrogens with zero attached hydrogens (tertiary/aromatic N) is 5. The summed E-state index contributed by atoms with van der Waals surface area (Å²) >= 11 is 1.11. The number of benzene rings is 1. The molecule has 17 heteroatoms. The van der Waals surface area contributed by atoms with Crippen LogP contribution in [-0.2, 0) is 35.3 Å². The zero-order valence-electron chi connectivity index (χ0n) is 24.3. The summed E-state index contributed by atoms with van der Waals surface area (Å²) in [5.74, 6) is -3.34. The van der Waals surface area contributed by atoms with Crippen molar-refractivity contribution in [2.75, 3.05) is 18.9 Å². The van der Waals surface area contributed by atoms with Crippen molar-refractivity contribution in [1.82, 2.24) is 20.1 Å². The number of nitro groups is 1. The summed E-state index contributed by atoms with van der Waals surface area (Å²) in [6.45, 7) is 0.413. The van der Waals surface area contributed by atoms with Gasteiger partial charge in [-0.2, -0.15) is 0 Å². The number of oxime groups is 1. The van der Waals surface area contributed by atoms with Crippen molar-refractivity contribution in [2.45, 2.75) is 56.8 Å². The largest absolute Gasteiger partial charge is 0.489 e. The van der Waals surface area contributed by atoms with E-state index in [1.54, 1.807) is 17.5 Å². The van der Waals surface area contributed by atoms with Crippen LogP contribution < -0.4 is 11.1 Å². The quantitative estimate of drug-likeness (QED) is 0.110. The Kier molecular flexibility index (Phi) is 8.40. The maximum absolute atomic E-state index is 13.3. The normalized spacial score (nSPS) is 22.5. The molecule has 1 aromatic heterocycles. The number of rotatable bonds is 10. The number of aliphatic carboxylic acids is 1. The lowest BCUT2D eigenvalue weighted by Gasteiger charge is -2.49. The minimum atomic E-state index is -1.44. The van der Waals surface area contributed by atoms with Gasteiger partial charge in [-0.1, -0.05) is 17.3 Å². The Balaban J connectivity index is 1.16. The van der Waals surface area contributed by atoms with Gasteiger partial charge in [-0.3, -0.25) is 29.4 Å². The van der Waals surface area contributed by atoms with E-state index >= 15 is 0 Å². The molecule has 16 nitrogen and oxygen atoms in total. The molecule has 0 spiro atoms. The Bertz CT molecular complexity index is 1690. The van der Waals surface area contributed by atoms with Gasteiger partial charge < -0.3 is 30.6 Å². The van der Waals surface area contributed by atoms with Crippen LogP contribution in [0.5, 0.6) is 0 Å². The average Bonchev–Trinajstić information content (AvgIpc) is 3.79. The van der Waals surface area contributed by atoms with Crippen LogP contribution in [-0.4, -0.2) is 85.6 Å². The number of nitrogens with two attached hydrogens (primary N) is 1. The topological polar surface area (TPSA) is 220 Å². The number of β-lactam (4-membered cyclic amide) rings is 1. The van der Waals surface area contributed by atoms with Gasteiger partial charge in [0, 0.05) is 36.2 Å². The van der Waals surface area contributed by atoms with E-state index in [1.807, 2.05) is 0 Å². The van der Waals surface area contributed by atoms with Crippen LogP contribution in [0.1, 0.15) is 43.4 Å². The van der Waals surface area contributed by atoms with E-state index in [1.165, 1.54) is 23.1 Å². The SMILES string of the molecule is Nc1nc(/C(=N/OC2CCCC2)C(=O)N[C@@H]2C(=O)N3C(C(=O)O)=C(/C=C4\CCN(Cc5ccc([N+](=O)[O-])cc5)C4=O)OC[C@H]23)cs1. The lowest BCUT2D eigenvalue weighted by atomic mass is 9.92. The molecule has 2 atom stereocenters. The molecule has 4 aliphatic rings. The van der Waals surface area contributed by atoms with Gasteiger partial charge in [0.25, 0.3) is 17.5 Å². The number of carbonyl (C=O) groups is 4. The first-order valence-electron chi connectivity index (χ1n) is 14.5. The van der Waals surface area contributed by atoms with Crippen LogP contribution in [0.25, 0.3) is 0 Å². The number of hydrogen-bond acceptors (Lipinski definition) is 12. The average molecular weight is 652 g/mol. The number of fused-ring (bicyclic) bond motifs is 1. The van der Waals surface area contributed by atoms with Gasteiger partial charge in [-0.15, -0.1) is 11.3 Å². The fraction of sp³-hybridized carbons (Fsp3) is 0.379. The first-order valence-corrected chi connectivity index (χ1v) is 15.4. The lowest BCUT2D eigenvalue weighted by Crippen LogP contribution is -2.73. The third-order valence-electron chi connectivity index (χ3n) is 8.21. The summed E-state index contributed by atoms with van der Waals surface area (Å²) in [4.78, 5) is 74.7. The molecule has 46 heavy (non-hydrogen) atoms. The number of carboxylic acids is 1. The van der Waals surface area contributed by atoms with Crippen molar-refractivity contribution >= 4 is 51.6 Å². The van der Waals surface area contributed by atoms with E-state index in [2.05, 4.69) is 15.5 Å². The lowest BCUT2D eigenvalue weighted by molar-refractivity contribution is -0.384. The number of ether oxygens (including phenoxy) is 1. The zero-order valence-corrected chi connectivity index (χ0v) is 25.1. The van der Waals surface area contributed by atoms with Crippen molar-refractivity contribution in [3.63, 3.8) is 0 Å². The number of carboxylic acid groups (broad SMARTS) is 1. The Morgan fingerprint density at radius 2 is 2.00 bits per heavy atom. The highest BCUT2D eigenvalue weighted by molar-refractivity contribution is 7.13. The maximum atomic E-state index is 13.3. The van der Waals surface area contributed by atoms with Gasteiger partial charge in [-0.25, -0.2) is 9.78 Å². The third kappa shape index (κ3) is 6.00. The number of carbonyl (C=O) groups excluding carboxylic acids is 3. The molecule has 3 fully saturated rings. The molecule has 6 rings (SSSR count). The van der Waals surface area contributed by atoms with E-state index in [0.29, 0.717) is 18.5 Å². The molecule has 4 N–H and O–H groups in total. The number of hydrogen-bond donors (Lipinski definition) is 3. The Hall–Kier alpha value is -5.32. The first kappa shape index (κ1) is 30.7. The molecule has 4 heterocycles. The van der Waals surface area contributed by atoms with Gasteiger partial charge in [0.05, 0.1) is 4.92 Å². The number of amides is 3. The maximum Gasteiger partial charge on any atom is 0.356 e. The highest BCUT2D eigenvalue weighted by atomic mass is 32.1. The molecule has 240 valence electrons. The van der Waals surface area contributed by atoms with Crippen LogP contribution in [0.2, 0.25) is 0 Å². The number of nitro benzene ring substituents is 1. The summed E-state index contributed by atoms with van der Waals surface area (Å²) in [6.07, 6.45) is 5.09. The molecular weight excluding hydrogens is 622 g/mol. The van der Waals surface area contributed by atoms with E-state index in [0.717, 1.165) is 41.9 Å². The van der Waals surface area contributed by atoms with Crippen LogP contribution in [0.4, 0.5) is 10.8 Å². The summed E-state index contributed by atoms with van der Waals surface area (Å²) in [5, 5.41) is 29.4. The number of non-ortho nitro benzene ring substituents is 1. The van der Waals surface area contributed by atoms with Crippen molar-refractivity contribution in [3.05, 3.63) is 74.1 Å². The number of anilines is 1. The number of thiazole rings is 1. The summed E-state index contributed by atoms with van der Waals surface area (Å²) in [7, 11) is 0. The van der Waals surface area contributed by atoms with Gasteiger partial charge in [-0.05, 0) is 43.7 Å². The zero-order chi connectivity index (χ0) is 32.5. The molecule has 0 radical (unpaired) electrons.